The number of nitrogens with zero attached hydrogens (tertiary/aromatic N) is 2. The van der Waals surface area contributed by atoms with E-state index < -0.39 is 0 Å². The van der Waals surface area contributed by atoms with Gasteiger partial charge >= 0.3 is 0 Å². The third-order valence-corrected chi connectivity index (χ3v) is 17.8. The maximum Gasteiger partial charge on any atom is 0.0542 e. The number of fused-ring (bicyclic) bond motifs is 11. The van der Waals surface area contributed by atoms with Gasteiger partial charge in [-0.1, -0.05) is 208 Å². The minimum atomic E-state index is -0.137. The number of para-hydroxylation sites is 3. The van der Waals surface area contributed by atoms with Crippen LogP contribution in [0.3, 0.4) is 0 Å². The molecule has 340 valence electrons. The fourth-order valence-electron chi connectivity index (χ4n) is 13.2. The molecule has 0 fully saturated rings. The number of hydrogen-bond donors (Lipinski definition) is 0. The molecule has 0 bridgehead atoms. The summed E-state index contributed by atoms with van der Waals surface area (Å²) in [6.07, 6.45) is 4.91. The highest BCUT2D eigenvalue weighted by Gasteiger charge is 2.48. The van der Waals surface area contributed by atoms with Crippen molar-refractivity contribution in [3.05, 3.63) is 252 Å². The van der Waals surface area contributed by atoms with Crippen LogP contribution in [0.1, 0.15) is 55.5 Å². The highest BCUT2D eigenvalue weighted by molar-refractivity contribution is 14.1. The Kier molecular flexibility index (Phi) is 9.42. The molecule has 10 aromatic carbocycles. The fourth-order valence-corrected chi connectivity index (χ4v) is 15.0. The Hall–Kier alpha value is -7.47. The minimum Gasteiger partial charge on any atom is -0.310 e. The van der Waals surface area contributed by atoms with E-state index >= 15 is 0 Å². The second kappa shape index (κ2) is 15.8. The predicted octanol–water partition coefficient (Wildman–Crippen LogP) is 18.7. The van der Waals surface area contributed by atoms with Gasteiger partial charge < -0.3 is 9.47 Å². The number of hydrogen-bond acceptors (Lipinski definition) is 1. The molecular weight excluding hydrogens is 972 g/mol. The van der Waals surface area contributed by atoms with E-state index in [1.165, 1.54) is 105 Å². The first-order chi connectivity index (χ1) is 34.7. The van der Waals surface area contributed by atoms with Crippen LogP contribution in [0.15, 0.2) is 224 Å². The van der Waals surface area contributed by atoms with Gasteiger partial charge in [-0.2, -0.15) is 0 Å². The number of benzene rings is 10. The standard InChI is InChI=1S/C68H51IN2/c1-67(2)58-28-16-13-23-47(58)49-34-31-42(39-60(49)67)63-51-26-11-12-27-52(51)64(55-37-36-54-48-24-14-17-29-59(48)68(3,4)65(54)66(55)69)53-35-32-45(41-57(53)63)70(43-19-7-5-8-20-43)46-33-38-62-56(40-46)50-25-15-18-30-61(50)71(62)44-21-9-6-10-22-44/h5-41,65-66H,1-4H3/t65?,66-/m0/s1. The fraction of sp³-hybridized carbons (Fsp3) is 0.118. The molecule has 3 aliphatic rings. The summed E-state index contributed by atoms with van der Waals surface area (Å²) >= 11 is 2.80. The van der Waals surface area contributed by atoms with E-state index in [-0.39, 0.29) is 14.8 Å². The Morgan fingerprint density at radius 2 is 0.972 bits per heavy atom. The monoisotopic (exact) mass is 1020 g/mol. The summed E-state index contributed by atoms with van der Waals surface area (Å²) in [6.45, 7) is 9.71. The van der Waals surface area contributed by atoms with Crippen LogP contribution >= 0.6 is 22.6 Å². The van der Waals surface area contributed by atoms with Crippen LogP contribution in [0.5, 0.6) is 0 Å². The molecule has 1 unspecified atom stereocenters. The maximum atomic E-state index is 2.80. The van der Waals surface area contributed by atoms with E-state index in [1.807, 2.05) is 0 Å². The van der Waals surface area contributed by atoms with Crippen molar-refractivity contribution in [2.45, 2.75) is 42.4 Å². The van der Waals surface area contributed by atoms with Crippen LogP contribution in [0, 0.1) is 5.92 Å². The molecule has 3 heteroatoms. The van der Waals surface area contributed by atoms with Gasteiger partial charge in [-0.3, -0.25) is 0 Å². The summed E-state index contributed by atoms with van der Waals surface area (Å²) in [5.74, 6) is 0.338. The Balaban J connectivity index is 1.04. The van der Waals surface area contributed by atoms with Crippen LogP contribution in [-0.4, -0.2) is 8.49 Å². The molecule has 2 nitrogen and oxygen atoms in total. The number of aromatic nitrogens is 1. The molecule has 0 aliphatic heterocycles. The Labute approximate surface area is 429 Å². The van der Waals surface area contributed by atoms with Gasteiger partial charge in [0.15, 0.2) is 0 Å². The molecular formula is C68H51IN2. The van der Waals surface area contributed by atoms with Gasteiger partial charge in [-0.25, -0.2) is 0 Å². The van der Waals surface area contributed by atoms with Crippen LogP contribution in [-0.2, 0) is 10.8 Å². The third kappa shape index (κ3) is 6.18. The zero-order valence-corrected chi connectivity index (χ0v) is 42.4. The topological polar surface area (TPSA) is 8.17 Å². The average Bonchev–Trinajstić information content (AvgIpc) is 3.96. The summed E-state index contributed by atoms with van der Waals surface area (Å²) in [6, 6.07) is 79.5. The van der Waals surface area contributed by atoms with Gasteiger partial charge in [0.1, 0.15) is 0 Å². The SMILES string of the molecule is CC1(C)c2ccccc2-c2ccc(-c3c4ccccc4c(C4=CC=C5c6ccccc6C(C)(C)C5[C@H]4I)c4ccc(N(c5ccccc5)c5ccc6c(c5)c5ccccc5n6-c5ccccc5)cc34)cc21. The Morgan fingerprint density at radius 3 is 1.75 bits per heavy atom. The lowest BCUT2D eigenvalue weighted by Crippen LogP contribution is -2.32. The molecule has 2 atom stereocenters. The van der Waals surface area contributed by atoms with Crippen molar-refractivity contribution in [1.82, 2.24) is 4.57 Å². The molecule has 0 amide bonds. The molecule has 71 heavy (non-hydrogen) atoms. The van der Waals surface area contributed by atoms with Crippen molar-refractivity contribution in [3.8, 4) is 27.9 Å². The zero-order chi connectivity index (χ0) is 47.8. The van der Waals surface area contributed by atoms with Gasteiger partial charge in [0, 0.05) is 48.8 Å². The number of alkyl halides is 1. The van der Waals surface area contributed by atoms with E-state index in [2.05, 4.69) is 284 Å². The van der Waals surface area contributed by atoms with Crippen LogP contribution in [0.2, 0.25) is 0 Å². The van der Waals surface area contributed by atoms with Gasteiger partial charge in [0.05, 0.1) is 11.0 Å². The summed E-state index contributed by atoms with van der Waals surface area (Å²) in [5, 5.41) is 7.55. The van der Waals surface area contributed by atoms with Crippen molar-refractivity contribution >= 4 is 94.1 Å². The molecule has 0 spiro atoms. The van der Waals surface area contributed by atoms with Crippen LogP contribution in [0.4, 0.5) is 17.1 Å². The lowest BCUT2D eigenvalue weighted by molar-refractivity contribution is 0.431. The second-order valence-electron chi connectivity index (χ2n) is 20.9. The first-order valence-electron chi connectivity index (χ1n) is 25.0. The number of halogens is 1. The van der Waals surface area contributed by atoms with Crippen LogP contribution < -0.4 is 4.90 Å². The smallest absolute Gasteiger partial charge is 0.0542 e. The molecule has 1 aromatic heterocycles. The van der Waals surface area contributed by atoms with Gasteiger partial charge in [-0.15, -0.1) is 0 Å². The first-order valence-corrected chi connectivity index (χ1v) is 26.3. The van der Waals surface area contributed by atoms with E-state index in [4.69, 9.17) is 0 Å². The lowest BCUT2D eigenvalue weighted by atomic mass is 9.71. The summed E-state index contributed by atoms with van der Waals surface area (Å²) in [7, 11) is 0. The minimum absolute atomic E-state index is 0.0218. The van der Waals surface area contributed by atoms with E-state index in [9.17, 15) is 0 Å². The molecule has 1 heterocycles. The maximum absolute atomic E-state index is 2.80. The number of rotatable bonds is 6. The van der Waals surface area contributed by atoms with E-state index in [1.54, 1.807) is 0 Å². The molecule has 0 saturated carbocycles. The van der Waals surface area contributed by atoms with Gasteiger partial charge in [0.25, 0.3) is 0 Å². The third-order valence-electron chi connectivity index (χ3n) is 16.4. The lowest BCUT2D eigenvalue weighted by Gasteiger charge is -2.36. The Morgan fingerprint density at radius 1 is 0.408 bits per heavy atom. The van der Waals surface area contributed by atoms with E-state index in [0.29, 0.717) is 5.92 Å². The van der Waals surface area contributed by atoms with Crippen molar-refractivity contribution in [2.24, 2.45) is 5.92 Å². The largest absolute Gasteiger partial charge is 0.310 e. The van der Waals surface area contributed by atoms with Crippen molar-refractivity contribution in [3.63, 3.8) is 0 Å². The molecule has 0 radical (unpaired) electrons. The highest BCUT2D eigenvalue weighted by atomic mass is 127. The summed E-state index contributed by atoms with van der Waals surface area (Å²) in [5.41, 5.74) is 21.7. The van der Waals surface area contributed by atoms with Gasteiger partial charge in [-0.05, 0) is 155 Å². The van der Waals surface area contributed by atoms with E-state index in [0.717, 1.165) is 22.7 Å². The predicted molar refractivity (Wildman–Crippen MR) is 310 cm³/mol. The molecule has 14 rings (SSSR count). The van der Waals surface area contributed by atoms with Crippen molar-refractivity contribution in [1.29, 1.82) is 0 Å². The van der Waals surface area contributed by atoms with Gasteiger partial charge in [0.2, 0.25) is 0 Å². The molecule has 0 N–H and O–H groups in total. The first kappa shape index (κ1) is 42.4. The number of anilines is 3. The Bertz CT molecular complexity index is 4080. The number of allylic oxidation sites excluding steroid dienone is 4. The second-order valence-corrected chi connectivity index (χ2v) is 22.2. The quantitative estimate of drug-likeness (QED) is 0.0915. The van der Waals surface area contributed by atoms with Crippen LogP contribution in [0.25, 0.3) is 82.4 Å². The van der Waals surface area contributed by atoms with Crippen molar-refractivity contribution in [2.75, 3.05) is 4.90 Å². The highest BCUT2D eigenvalue weighted by Crippen LogP contribution is 2.59. The normalized spacial score (nSPS) is 17.2. The summed E-state index contributed by atoms with van der Waals surface area (Å²) < 4.78 is 2.65. The zero-order valence-electron chi connectivity index (χ0n) is 40.3. The molecule has 3 aliphatic carbocycles. The average molecular weight is 1020 g/mol. The molecule has 11 aromatic rings. The molecule has 0 saturated heterocycles. The van der Waals surface area contributed by atoms with Crippen molar-refractivity contribution < 1.29 is 0 Å². The summed E-state index contributed by atoms with van der Waals surface area (Å²) in [4.78, 5) is 2.46.